The lowest BCUT2D eigenvalue weighted by Crippen LogP contribution is -2.68. The Kier molecular flexibility index (Phi) is 2.99. The number of para-hydroxylation sites is 1. The first-order valence-corrected chi connectivity index (χ1v) is 9.00. The van der Waals surface area contributed by atoms with Crippen molar-refractivity contribution in [2.75, 3.05) is 20.2 Å². The molecule has 2 saturated heterocycles. The van der Waals surface area contributed by atoms with Crippen LogP contribution in [0, 0.1) is 11.8 Å². The van der Waals surface area contributed by atoms with Crippen molar-refractivity contribution in [3.8, 4) is 5.75 Å². The minimum atomic E-state index is -0.431. The normalized spacial score (nSPS) is 36.8. The number of carbonyl (C=O) groups excluding carboxylic acids is 1. The van der Waals surface area contributed by atoms with Crippen LogP contribution in [0.4, 0.5) is 5.69 Å². The fourth-order valence-corrected chi connectivity index (χ4v) is 5.82. The number of phenols is 1. The first-order chi connectivity index (χ1) is 12.1. The van der Waals surface area contributed by atoms with E-state index in [-0.39, 0.29) is 29.6 Å². The van der Waals surface area contributed by atoms with Gasteiger partial charge in [-0.2, -0.15) is 0 Å². The Morgan fingerprint density at radius 1 is 1.48 bits per heavy atom. The summed E-state index contributed by atoms with van der Waals surface area (Å²) in [5.41, 5.74) is 3.63. The number of aromatic hydroxyl groups is 1. The summed E-state index contributed by atoms with van der Waals surface area (Å²) in [6, 6.07) is 5.84. The molecule has 1 aliphatic carbocycles. The smallest absolute Gasteiger partial charge is 0.310 e. The second-order valence-corrected chi connectivity index (χ2v) is 7.58. The van der Waals surface area contributed by atoms with Crippen LogP contribution in [0.5, 0.6) is 5.75 Å². The molecule has 5 nitrogen and oxygen atoms in total. The Labute approximate surface area is 147 Å². The van der Waals surface area contributed by atoms with E-state index >= 15 is 0 Å². The maximum absolute atomic E-state index is 13.0. The molecule has 0 unspecified atom stereocenters. The van der Waals surface area contributed by atoms with Crippen LogP contribution in [0.2, 0.25) is 0 Å². The van der Waals surface area contributed by atoms with E-state index in [4.69, 9.17) is 9.73 Å². The van der Waals surface area contributed by atoms with Gasteiger partial charge >= 0.3 is 5.97 Å². The summed E-state index contributed by atoms with van der Waals surface area (Å²) in [5.74, 6) is -0.0193. The molecular formula is C20H22N2O3. The van der Waals surface area contributed by atoms with E-state index in [1.165, 1.54) is 12.7 Å². The summed E-state index contributed by atoms with van der Waals surface area (Å²) in [5, 5.41) is 10.4. The van der Waals surface area contributed by atoms with Gasteiger partial charge in [0.05, 0.1) is 18.4 Å². The van der Waals surface area contributed by atoms with Crippen LogP contribution in [-0.2, 0) is 14.9 Å². The molecule has 5 heteroatoms. The van der Waals surface area contributed by atoms with Crippen molar-refractivity contribution in [1.29, 1.82) is 0 Å². The fraction of sp³-hybridized carbons (Fsp3) is 0.500. The molecule has 4 atom stereocenters. The molecule has 3 aliphatic heterocycles. The zero-order chi connectivity index (χ0) is 17.3. The second kappa shape index (κ2) is 4.94. The molecular weight excluding hydrogens is 316 g/mol. The quantitative estimate of drug-likeness (QED) is 0.631. The number of ether oxygens (including phenoxy) is 1. The molecule has 0 aromatic heterocycles. The molecule has 0 spiro atoms. The molecule has 130 valence electrons. The van der Waals surface area contributed by atoms with Gasteiger partial charge < -0.3 is 9.84 Å². The maximum atomic E-state index is 13.0. The number of hydrogen-bond acceptors (Lipinski definition) is 5. The van der Waals surface area contributed by atoms with Gasteiger partial charge in [-0.3, -0.25) is 14.7 Å². The average Bonchev–Trinajstić information content (AvgIpc) is 2.98. The third kappa shape index (κ3) is 1.67. The zero-order valence-corrected chi connectivity index (χ0v) is 14.5. The standard InChI is InChI=1S/C20H22N2O3/c1-3-11-10-22-8-7-20-13-5-4-6-15(23)17(13)21-18(20)14(22)9-12(11)16(20)19(24)25-2/h3-6,12,14,16,23H,7-10H2,1-2H3/t12-,14-,16-,20-/m0/s1. The average molecular weight is 338 g/mol. The zero-order valence-electron chi connectivity index (χ0n) is 14.5. The van der Waals surface area contributed by atoms with E-state index in [1.54, 1.807) is 6.07 Å². The van der Waals surface area contributed by atoms with Crippen molar-refractivity contribution in [3.05, 3.63) is 35.4 Å². The lowest BCUT2D eigenvalue weighted by atomic mass is 9.51. The summed E-state index contributed by atoms with van der Waals surface area (Å²) in [7, 11) is 1.48. The number of methoxy groups -OCH3 is 1. The predicted molar refractivity (Wildman–Crippen MR) is 94.2 cm³/mol. The molecule has 5 rings (SSSR count). The van der Waals surface area contributed by atoms with E-state index in [1.807, 2.05) is 12.1 Å². The largest absolute Gasteiger partial charge is 0.506 e. The van der Waals surface area contributed by atoms with Crippen molar-refractivity contribution >= 4 is 17.4 Å². The van der Waals surface area contributed by atoms with Crippen LogP contribution >= 0.6 is 0 Å². The summed E-state index contributed by atoms with van der Waals surface area (Å²) in [4.78, 5) is 20.3. The van der Waals surface area contributed by atoms with Crippen molar-refractivity contribution in [3.63, 3.8) is 0 Å². The summed E-state index contributed by atoms with van der Waals surface area (Å²) in [6.45, 7) is 3.90. The van der Waals surface area contributed by atoms with Gasteiger partial charge in [0, 0.05) is 24.8 Å². The van der Waals surface area contributed by atoms with E-state index in [0.29, 0.717) is 5.69 Å². The monoisotopic (exact) mass is 338 g/mol. The summed E-state index contributed by atoms with van der Waals surface area (Å²) in [6.07, 6.45) is 3.93. The van der Waals surface area contributed by atoms with Gasteiger partial charge in [0.25, 0.3) is 0 Å². The van der Waals surface area contributed by atoms with Gasteiger partial charge in [-0.05, 0) is 37.3 Å². The van der Waals surface area contributed by atoms with Crippen molar-refractivity contribution < 1.29 is 14.6 Å². The first kappa shape index (κ1) is 15.1. The van der Waals surface area contributed by atoms with Crippen LogP contribution in [0.25, 0.3) is 0 Å². The predicted octanol–water partition coefficient (Wildman–Crippen LogP) is 2.56. The molecule has 3 heterocycles. The molecule has 1 N–H and O–H groups in total. The molecule has 1 aromatic rings. The number of hydrogen-bond donors (Lipinski definition) is 1. The van der Waals surface area contributed by atoms with Crippen molar-refractivity contribution in [1.82, 2.24) is 4.90 Å². The molecule has 3 bridgehead atoms. The number of benzene rings is 1. The van der Waals surface area contributed by atoms with Crippen LogP contribution in [0.15, 0.2) is 34.8 Å². The molecule has 25 heavy (non-hydrogen) atoms. The Bertz CT molecular complexity index is 843. The Morgan fingerprint density at radius 2 is 2.32 bits per heavy atom. The number of phenolic OH excluding ortho intramolecular Hbond substituents is 1. The van der Waals surface area contributed by atoms with Gasteiger partial charge in [0.15, 0.2) is 0 Å². The van der Waals surface area contributed by atoms with Crippen LogP contribution < -0.4 is 0 Å². The third-order valence-electron chi connectivity index (χ3n) is 6.83. The number of carbonyl (C=O) groups is 1. The summed E-state index contributed by atoms with van der Waals surface area (Å²) < 4.78 is 5.27. The highest BCUT2D eigenvalue weighted by molar-refractivity contribution is 6.10. The van der Waals surface area contributed by atoms with Crippen LogP contribution in [-0.4, -0.2) is 47.9 Å². The van der Waals surface area contributed by atoms with Gasteiger partial charge in [-0.15, -0.1) is 0 Å². The molecule has 4 aliphatic rings. The number of rotatable bonds is 1. The van der Waals surface area contributed by atoms with Gasteiger partial charge in [0.2, 0.25) is 0 Å². The second-order valence-electron chi connectivity index (χ2n) is 7.58. The van der Waals surface area contributed by atoms with E-state index in [2.05, 4.69) is 17.9 Å². The lowest BCUT2D eigenvalue weighted by molar-refractivity contribution is -0.151. The van der Waals surface area contributed by atoms with Crippen molar-refractivity contribution in [2.24, 2.45) is 16.8 Å². The molecule has 0 radical (unpaired) electrons. The number of piperidine rings is 2. The minimum absolute atomic E-state index is 0.151. The number of esters is 1. The highest BCUT2D eigenvalue weighted by Gasteiger charge is 2.65. The maximum Gasteiger partial charge on any atom is 0.310 e. The highest BCUT2D eigenvalue weighted by atomic mass is 16.5. The number of aliphatic imine (C=N–C) groups is 1. The van der Waals surface area contributed by atoms with Gasteiger partial charge in [0.1, 0.15) is 11.4 Å². The van der Waals surface area contributed by atoms with E-state index < -0.39 is 5.41 Å². The molecule has 3 fully saturated rings. The van der Waals surface area contributed by atoms with Gasteiger partial charge in [-0.25, -0.2) is 0 Å². The number of allylic oxidation sites excluding steroid dienone is 1. The lowest BCUT2D eigenvalue weighted by Gasteiger charge is -2.59. The molecule has 0 amide bonds. The fourth-order valence-electron chi connectivity index (χ4n) is 5.82. The first-order valence-electron chi connectivity index (χ1n) is 9.00. The van der Waals surface area contributed by atoms with Crippen LogP contribution in [0.1, 0.15) is 25.3 Å². The van der Waals surface area contributed by atoms with E-state index in [9.17, 15) is 9.90 Å². The minimum Gasteiger partial charge on any atom is -0.506 e. The Balaban J connectivity index is 1.80. The van der Waals surface area contributed by atoms with Crippen LogP contribution in [0.3, 0.4) is 0 Å². The third-order valence-corrected chi connectivity index (χ3v) is 6.83. The number of nitrogens with zero attached hydrogens (tertiary/aromatic N) is 2. The highest BCUT2D eigenvalue weighted by Crippen LogP contribution is 2.61. The number of fused-ring (bicyclic) bond motifs is 2. The summed E-state index contributed by atoms with van der Waals surface area (Å²) >= 11 is 0. The molecule has 1 saturated carbocycles. The topological polar surface area (TPSA) is 62.1 Å². The Morgan fingerprint density at radius 3 is 3.08 bits per heavy atom. The Hall–Kier alpha value is -2.14. The molecule has 1 aromatic carbocycles. The van der Waals surface area contributed by atoms with Gasteiger partial charge in [-0.1, -0.05) is 23.8 Å². The SMILES string of the molecule is CC=C1CN2CC[C@]34C(=Nc5c(O)cccc53)[C@@H]2C[C@@H]1[C@H]4C(=O)OC. The van der Waals surface area contributed by atoms with E-state index in [0.717, 1.165) is 37.2 Å². The van der Waals surface area contributed by atoms with Crippen molar-refractivity contribution in [2.45, 2.75) is 31.2 Å².